The van der Waals surface area contributed by atoms with Crippen LogP contribution in [0.4, 0.5) is 26.7 Å². The van der Waals surface area contributed by atoms with Crippen molar-refractivity contribution in [2.75, 3.05) is 6.61 Å². The van der Waals surface area contributed by atoms with E-state index in [0.717, 1.165) is 11.0 Å². The largest absolute Gasteiger partial charge is 0.447 e. The van der Waals surface area contributed by atoms with E-state index in [0.29, 0.717) is 22.2 Å². The lowest BCUT2D eigenvalue weighted by Crippen LogP contribution is -2.51. The number of hydrogen-bond acceptors (Lipinski definition) is 8. The second-order valence-electron chi connectivity index (χ2n) is 13.8. The van der Waals surface area contributed by atoms with Crippen molar-refractivity contribution in [3.63, 3.8) is 0 Å². The van der Waals surface area contributed by atoms with Crippen LogP contribution < -0.4 is 11.1 Å². The van der Waals surface area contributed by atoms with E-state index in [1.165, 1.54) is 35.5 Å². The molecule has 1 fully saturated rings. The Labute approximate surface area is 294 Å². The molecule has 2 amide bonds. The summed E-state index contributed by atoms with van der Waals surface area (Å²) in [4.78, 5) is 37.2. The van der Waals surface area contributed by atoms with Crippen molar-refractivity contribution in [2.45, 2.75) is 76.8 Å². The van der Waals surface area contributed by atoms with Gasteiger partial charge in [0.05, 0.1) is 29.0 Å². The fourth-order valence-electron chi connectivity index (χ4n) is 6.46. The van der Waals surface area contributed by atoms with Crippen molar-refractivity contribution in [1.29, 1.82) is 0 Å². The number of ether oxygens (including phenoxy) is 1. The zero-order valence-corrected chi connectivity index (χ0v) is 28.4. The van der Waals surface area contributed by atoms with Gasteiger partial charge in [0.25, 0.3) is 12.3 Å². The number of hydrogen-bond donors (Lipinski definition) is 2. The van der Waals surface area contributed by atoms with Crippen LogP contribution in [0.2, 0.25) is 5.02 Å². The number of benzene rings is 1. The summed E-state index contributed by atoms with van der Waals surface area (Å²) >= 11 is 6.43. The molecule has 3 heterocycles. The number of alkyl carbamates (subject to hydrolysis) is 1. The molecule has 3 aromatic rings. The molecule has 1 saturated carbocycles. The lowest BCUT2D eigenvalue weighted by Gasteiger charge is -2.38. The van der Waals surface area contributed by atoms with Crippen LogP contribution in [-0.4, -0.2) is 71.8 Å². The van der Waals surface area contributed by atoms with Crippen molar-refractivity contribution in [2.24, 2.45) is 22.1 Å². The molecule has 3 aliphatic rings. The lowest BCUT2D eigenvalue weighted by atomic mass is 9.70. The van der Waals surface area contributed by atoms with Crippen LogP contribution in [0, 0.1) is 11.3 Å². The Morgan fingerprint density at radius 2 is 1.96 bits per heavy atom. The van der Waals surface area contributed by atoms with Gasteiger partial charge in [-0.3, -0.25) is 9.69 Å². The molecular weight excluding hydrogens is 701 g/mol. The molecule has 2 aliphatic carbocycles. The van der Waals surface area contributed by atoms with Gasteiger partial charge in [-0.25, -0.2) is 37.3 Å². The fraction of sp³-hybridized carbons (Fsp3) is 0.455. The quantitative estimate of drug-likeness (QED) is 0.219. The summed E-state index contributed by atoms with van der Waals surface area (Å²) in [5, 5.41) is 10.1. The molecule has 12 nitrogen and oxygen atoms in total. The van der Waals surface area contributed by atoms with Gasteiger partial charge in [0.1, 0.15) is 19.1 Å². The number of rotatable bonds is 11. The Morgan fingerprint density at radius 3 is 2.57 bits per heavy atom. The Morgan fingerprint density at radius 1 is 1.22 bits per heavy atom. The summed E-state index contributed by atoms with van der Waals surface area (Å²) < 4.78 is 74.4. The van der Waals surface area contributed by atoms with Crippen molar-refractivity contribution in [3.05, 3.63) is 77.1 Å². The minimum absolute atomic E-state index is 0.0147. The van der Waals surface area contributed by atoms with Gasteiger partial charge in [-0.05, 0) is 41.5 Å². The van der Waals surface area contributed by atoms with Crippen LogP contribution in [0.25, 0.3) is 11.3 Å². The van der Waals surface area contributed by atoms with Crippen LogP contribution in [0.1, 0.15) is 76.0 Å². The smallest absolute Gasteiger partial charge is 0.407 e. The molecule has 1 unspecified atom stereocenters. The summed E-state index contributed by atoms with van der Waals surface area (Å²) in [5.41, 5.74) is 6.07. The number of amides is 2. The van der Waals surface area contributed by atoms with Gasteiger partial charge < -0.3 is 15.8 Å². The second kappa shape index (κ2) is 13.7. The molecule has 1 aromatic carbocycles. The number of guanidine groups is 1. The van der Waals surface area contributed by atoms with E-state index in [1.54, 1.807) is 12.2 Å². The van der Waals surface area contributed by atoms with Crippen molar-refractivity contribution >= 4 is 35.1 Å². The predicted molar refractivity (Wildman–Crippen MR) is 176 cm³/mol. The summed E-state index contributed by atoms with van der Waals surface area (Å²) in [6.07, 6.45) is 4.38. The van der Waals surface area contributed by atoms with E-state index in [1.807, 2.05) is 26.8 Å². The maximum Gasteiger partial charge on any atom is 0.407 e. The highest BCUT2D eigenvalue weighted by Gasteiger charge is 2.55. The van der Waals surface area contributed by atoms with E-state index < -0.39 is 72.5 Å². The normalized spacial score (nSPS) is 23.9. The molecule has 1 aliphatic heterocycles. The van der Waals surface area contributed by atoms with Crippen LogP contribution in [-0.2, 0) is 9.53 Å². The topological polar surface area (TPSA) is 146 Å². The summed E-state index contributed by atoms with van der Waals surface area (Å²) in [7, 11) is 0. The summed E-state index contributed by atoms with van der Waals surface area (Å²) in [6.45, 7) is 2.53. The van der Waals surface area contributed by atoms with E-state index in [9.17, 15) is 31.5 Å². The maximum atomic E-state index is 14.9. The first-order valence-corrected chi connectivity index (χ1v) is 16.4. The average molecular weight is 736 g/mol. The molecule has 6 rings (SSSR count). The van der Waals surface area contributed by atoms with Gasteiger partial charge in [-0.2, -0.15) is 19.0 Å². The number of aromatic nitrogens is 5. The maximum absolute atomic E-state index is 14.9. The van der Waals surface area contributed by atoms with E-state index in [2.05, 4.69) is 20.5 Å². The first kappa shape index (κ1) is 36.0. The Kier molecular flexibility index (Phi) is 9.69. The third-order valence-electron chi connectivity index (χ3n) is 8.85. The lowest BCUT2D eigenvalue weighted by molar-refractivity contribution is -0.136. The zero-order valence-electron chi connectivity index (χ0n) is 27.7. The molecule has 272 valence electrons. The molecule has 0 saturated heterocycles. The highest BCUT2D eigenvalue weighted by Crippen LogP contribution is 2.46. The van der Waals surface area contributed by atoms with Crippen LogP contribution in [0.5, 0.6) is 0 Å². The first-order valence-electron chi connectivity index (χ1n) is 16.0. The third-order valence-corrected chi connectivity index (χ3v) is 9.17. The number of carbonyl (C=O) groups excluding carboxylic acids is 2. The summed E-state index contributed by atoms with van der Waals surface area (Å²) in [6, 6.07) is 2.50. The first-order chi connectivity index (χ1) is 24.1. The fourth-order valence-corrected chi connectivity index (χ4v) is 6.66. The Hall–Kier alpha value is -4.80. The number of allylic oxidation sites excluding steroid dienone is 3. The Balaban J connectivity index is 1.36. The highest BCUT2D eigenvalue weighted by atomic mass is 35.5. The summed E-state index contributed by atoms with van der Waals surface area (Å²) in [5.74, 6) is -1.91. The minimum atomic E-state index is -2.99. The van der Waals surface area contributed by atoms with Crippen molar-refractivity contribution in [1.82, 2.24) is 34.8 Å². The van der Waals surface area contributed by atoms with Crippen molar-refractivity contribution in [3.8, 4) is 5.69 Å². The second-order valence-corrected chi connectivity index (χ2v) is 14.2. The van der Waals surface area contributed by atoms with Gasteiger partial charge in [0.15, 0.2) is 17.3 Å². The average Bonchev–Trinajstić information content (AvgIpc) is 3.45. The zero-order chi connectivity index (χ0) is 36.8. The van der Waals surface area contributed by atoms with E-state index in [-0.39, 0.29) is 35.1 Å². The van der Waals surface area contributed by atoms with Gasteiger partial charge in [0, 0.05) is 24.1 Å². The van der Waals surface area contributed by atoms with Crippen LogP contribution in [0.15, 0.2) is 60.1 Å². The molecule has 18 heteroatoms. The van der Waals surface area contributed by atoms with Crippen molar-refractivity contribution < 1.29 is 36.3 Å². The predicted octanol–water partition coefficient (Wildman–Crippen LogP) is 6.32. The number of nitrogens with one attached hydrogen (secondary N) is 1. The van der Waals surface area contributed by atoms with E-state index in [4.69, 9.17) is 27.1 Å². The number of aliphatic imine (C=N–C) groups is 1. The molecular formula is C33H35ClF5N9O3. The number of halogens is 6. The van der Waals surface area contributed by atoms with Gasteiger partial charge in [-0.15, -0.1) is 0 Å². The number of nitrogens with zero attached hydrogens (tertiary/aromatic N) is 7. The molecule has 0 spiro atoms. The molecule has 5 atom stereocenters. The molecule has 3 N–H and O–H groups in total. The van der Waals surface area contributed by atoms with Gasteiger partial charge >= 0.3 is 12.6 Å². The van der Waals surface area contributed by atoms with Gasteiger partial charge in [0.2, 0.25) is 0 Å². The molecule has 51 heavy (non-hydrogen) atoms. The standard InChI is InChI=1S/C33H35ClF5N9O3/c1-32(2,3)15-33(20-7-4-17(5-8-20)19-12-42-46(13-19)29(38)39)28(49)47(30(40)45-33)25(14-51-31(50)44-23-11-22(23)35)18-6-9-21(34)24(10-18)48-27(26(36)37)41-16-43-48/h4-7,9-10,12-13,16,20,22-23,25-26,29H,8,11,14-15H2,1-3H3,(H2,40,45)(H,44,50)/t20?,22-,23-,25-,33-/m1/s1. The molecule has 0 bridgehead atoms. The highest BCUT2D eigenvalue weighted by molar-refractivity contribution is 6.32. The monoisotopic (exact) mass is 735 g/mol. The third kappa shape index (κ3) is 7.34. The Bertz CT molecular complexity index is 1910. The SMILES string of the molecule is CC(C)(C)C[C@]1(C2C=CC(c3cnn(C(F)F)c3)=CC2)N=C(N)N([C@H](COC(=O)N[C@@H]2C[C@H]2F)c2ccc(Cl)c(-n3ncnc3C(F)F)c2)C1=O. The number of nitrogens with two attached hydrogens (primary N) is 1. The van der Waals surface area contributed by atoms with Crippen LogP contribution in [0.3, 0.4) is 0 Å². The number of carbonyl (C=O) groups is 2. The molecule has 2 aromatic heterocycles. The molecule has 0 radical (unpaired) electrons. The van der Waals surface area contributed by atoms with Gasteiger partial charge in [-0.1, -0.05) is 56.7 Å². The minimum Gasteiger partial charge on any atom is -0.447 e. The van der Waals surface area contributed by atoms with E-state index >= 15 is 0 Å². The number of alkyl halides is 5. The van der Waals surface area contributed by atoms with Crippen LogP contribution >= 0.6 is 11.6 Å².